The van der Waals surface area contributed by atoms with Crippen molar-refractivity contribution < 1.29 is 9.53 Å². The summed E-state index contributed by atoms with van der Waals surface area (Å²) in [5.41, 5.74) is 9.35. The van der Waals surface area contributed by atoms with E-state index in [1.807, 2.05) is 11.0 Å². The second-order valence-corrected chi connectivity index (χ2v) is 9.88. The Hall–Kier alpha value is -2.84. The minimum atomic E-state index is -0.324. The number of nitrogen functional groups attached to an aromatic ring is 1. The molecule has 8 nitrogen and oxygen atoms in total. The number of ether oxygens (including phenoxy) is 1. The first kappa shape index (κ1) is 22.4. The molecule has 1 amide bonds. The van der Waals surface area contributed by atoms with Crippen LogP contribution in [-0.4, -0.2) is 56.5 Å². The van der Waals surface area contributed by atoms with Gasteiger partial charge in [-0.1, -0.05) is 11.6 Å². The second-order valence-electron chi connectivity index (χ2n) is 9.88. The van der Waals surface area contributed by atoms with Crippen molar-refractivity contribution >= 4 is 11.7 Å². The number of rotatable bonds is 4. The quantitative estimate of drug-likeness (QED) is 0.710. The highest BCUT2D eigenvalue weighted by Crippen LogP contribution is 2.32. The average Bonchev–Trinajstić information content (AvgIpc) is 2.71. The smallest absolute Gasteiger partial charge is 0.226 e. The third-order valence-corrected chi connectivity index (χ3v) is 5.83. The van der Waals surface area contributed by atoms with E-state index in [4.69, 9.17) is 10.5 Å². The number of anilines is 1. The molecule has 2 aliphatic rings. The van der Waals surface area contributed by atoms with Crippen LogP contribution in [0.3, 0.4) is 0 Å². The summed E-state index contributed by atoms with van der Waals surface area (Å²) in [6.45, 7) is 10.2. The van der Waals surface area contributed by atoms with Gasteiger partial charge in [0.1, 0.15) is 18.2 Å². The summed E-state index contributed by atoms with van der Waals surface area (Å²) in [7, 11) is 0. The Balaban J connectivity index is 1.51. The van der Waals surface area contributed by atoms with Gasteiger partial charge in [0.2, 0.25) is 5.91 Å². The molecule has 2 aromatic heterocycles. The number of carbonyl (C=O) groups excluding carboxylic acids is 1. The molecule has 4 heterocycles. The molecule has 170 valence electrons. The Morgan fingerprint density at radius 3 is 2.88 bits per heavy atom. The van der Waals surface area contributed by atoms with Gasteiger partial charge in [-0.05, 0) is 51.8 Å². The zero-order valence-corrected chi connectivity index (χ0v) is 19.3. The lowest BCUT2D eigenvalue weighted by molar-refractivity contribution is -0.138. The zero-order valence-electron chi connectivity index (χ0n) is 19.3. The number of nitrogens with one attached hydrogen (secondary N) is 1. The molecule has 1 saturated heterocycles. The number of nitrogens with zero attached hydrogens (tertiary/aromatic N) is 4. The lowest BCUT2D eigenvalue weighted by Gasteiger charge is -2.41. The van der Waals surface area contributed by atoms with E-state index >= 15 is 0 Å². The van der Waals surface area contributed by atoms with E-state index in [-0.39, 0.29) is 23.1 Å². The van der Waals surface area contributed by atoms with Crippen LogP contribution < -0.4 is 11.1 Å². The summed E-state index contributed by atoms with van der Waals surface area (Å²) in [4.78, 5) is 27.9. The van der Waals surface area contributed by atoms with Crippen molar-refractivity contribution in [3.05, 3.63) is 48.2 Å². The number of pyridine rings is 1. The second kappa shape index (κ2) is 8.60. The minimum absolute atomic E-state index is 0.0380. The monoisotopic (exact) mass is 436 g/mol. The van der Waals surface area contributed by atoms with Gasteiger partial charge in [-0.25, -0.2) is 15.0 Å². The number of carbonyl (C=O) groups is 1. The first-order chi connectivity index (χ1) is 15.1. The van der Waals surface area contributed by atoms with Gasteiger partial charge in [0.15, 0.2) is 0 Å². The van der Waals surface area contributed by atoms with Crippen LogP contribution in [0.2, 0.25) is 0 Å². The van der Waals surface area contributed by atoms with Gasteiger partial charge in [0.25, 0.3) is 0 Å². The van der Waals surface area contributed by atoms with E-state index < -0.39 is 0 Å². The van der Waals surface area contributed by atoms with Gasteiger partial charge < -0.3 is 20.7 Å². The molecule has 32 heavy (non-hydrogen) atoms. The summed E-state index contributed by atoms with van der Waals surface area (Å²) in [5, 5.41) is 3.62. The molecule has 4 rings (SSSR count). The third kappa shape index (κ3) is 5.14. The SMILES string of the molecule is CC1(C)C=C(CC(=O)N2CCO[C@@H](c3ncncc3-c3ccnc(N)c3)C2)CC(C)(C)N1. The van der Waals surface area contributed by atoms with Crippen molar-refractivity contribution in [1.29, 1.82) is 0 Å². The van der Waals surface area contributed by atoms with Crippen LogP contribution in [0.1, 0.15) is 52.3 Å². The molecular weight excluding hydrogens is 404 g/mol. The van der Waals surface area contributed by atoms with E-state index in [1.54, 1.807) is 18.5 Å². The Kier molecular flexibility index (Phi) is 6.01. The first-order valence-electron chi connectivity index (χ1n) is 11.0. The molecule has 2 aromatic rings. The number of hydrogen-bond donors (Lipinski definition) is 2. The van der Waals surface area contributed by atoms with Gasteiger partial charge in [0.05, 0.1) is 18.8 Å². The Bertz CT molecular complexity index is 1030. The molecule has 0 aliphatic carbocycles. The van der Waals surface area contributed by atoms with Crippen molar-refractivity contribution in [3.8, 4) is 11.1 Å². The van der Waals surface area contributed by atoms with E-state index in [0.29, 0.717) is 31.9 Å². The molecule has 2 aliphatic heterocycles. The van der Waals surface area contributed by atoms with Gasteiger partial charge in [-0.3, -0.25) is 4.79 Å². The lowest BCUT2D eigenvalue weighted by atomic mass is 9.82. The van der Waals surface area contributed by atoms with Crippen molar-refractivity contribution in [2.75, 3.05) is 25.4 Å². The van der Waals surface area contributed by atoms with Gasteiger partial charge in [0, 0.05) is 42.0 Å². The molecule has 0 saturated carbocycles. The fourth-order valence-corrected chi connectivity index (χ4v) is 4.98. The van der Waals surface area contributed by atoms with Crippen molar-refractivity contribution in [3.63, 3.8) is 0 Å². The highest BCUT2D eigenvalue weighted by Gasteiger charge is 2.34. The van der Waals surface area contributed by atoms with Crippen LogP contribution in [0.4, 0.5) is 5.82 Å². The predicted octanol–water partition coefficient (Wildman–Crippen LogP) is 2.89. The molecule has 3 N–H and O–H groups in total. The van der Waals surface area contributed by atoms with Gasteiger partial charge in [-0.15, -0.1) is 0 Å². The Morgan fingerprint density at radius 2 is 2.12 bits per heavy atom. The Labute approximate surface area is 189 Å². The van der Waals surface area contributed by atoms with Crippen LogP contribution in [0.15, 0.2) is 42.5 Å². The summed E-state index contributed by atoms with van der Waals surface area (Å²) >= 11 is 0. The fraction of sp³-hybridized carbons (Fsp3) is 0.500. The van der Waals surface area contributed by atoms with Crippen molar-refractivity contribution in [1.82, 2.24) is 25.2 Å². The van der Waals surface area contributed by atoms with E-state index in [9.17, 15) is 4.79 Å². The summed E-state index contributed by atoms with van der Waals surface area (Å²) < 4.78 is 6.04. The van der Waals surface area contributed by atoms with Crippen LogP contribution in [-0.2, 0) is 9.53 Å². The topological polar surface area (TPSA) is 106 Å². The number of nitrogens with two attached hydrogens (primary N) is 1. The van der Waals surface area contributed by atoms with E-state index in [1.165, 1.54) is 11.9 Å². The summed E-state index contributed by atoms with van der Waals surface area (Å²) in [5.74, 6) is 0.557. The maximum Gasteiger partial charge on any atom is 0.226 e. The molecule has 0 radical (unpaired) electrons. The van der Waals surface area contributed by atoms with Gasteiger partial charge >= 0.3 is 0 Å². The molecule has 0 aromatic carbocycles. The number of amides is 1. The molecule has 1 fully saturated rings. The van der Waals surface area contributed by atoms with Crippen molar-refractivity contribution in [2.45, 2.75) is 57.7 Å². The first-order valence-corrected chi connectivity index (χ1v) is 11.0. The highest BCUT2D eigenvalue weighted by atomic mass is 16.5. The Morgan fingerprint density at radius 1 is 1.31 bits per heavy atom. The van der Waals surface area contributed by atoms with Gasteiger partial charge in [-0.2, -0.15) is 0 Å². The zero-order chi connectivity index (χ0) is 22.9. The molecule has 0 spiro atoms. The van der Waals surface area contributed by atoms with Crippen LogP contribution in [0, 0.1) is 0 Å². The maximum atomic E-state index is 13.2. The van der Waals surface area contributed by atoms with E-state index in [2.05, 4.69) is 54.0 Å². The summed E-state index contributed by atoms with van der Waals surface area (Å²) in [6.07, 6.45) is 8.09. The van der Waals surface area contributed by atoms with E-state index in [0.717, 1.165) is 23.2 Å². The normalized spacial score (nSPS) is 22.3. The number of aromatic nitrogens is 3. The molecule has 8 heteroatoms. The largest absolute Gasteiger partial charge is 0.384 e. The lowest BCUT2D eigenvalue weighted by Crippen LogP contribution is -2.54. The molecular formula is C24H32N6O2. The molecule has 0 unspecified atom stereocenters. The molecule has 0 bridgehead atoms. The average molecular weight is 437 g/mol. The summed E-state index contributed by atoms with van der Waals surface area (Å²) in [6, 6.07) is 3.67. The maximum absolute atomic E-state index is 13.2. The number of morpholine rings is 1. The number of hydrogen-bond acceptors (Lipinski definition) is 7. The molecule has 1 atom stereocenters. The van der Waals surface area contributed by atoms with Crippen LogP contribution in [0.5, 0.6) is 0 Å². The fourth-order valence-electron chi connectivity index (χ4n) is 4.98. The third-order valence-electron chi connectivity index (χ3n) is 5.83. The standard InChI is InChI=1S/C24H32N6O2/c1-23(2)11-16(12-24(3,4)29-23)9-21(31)30-7-8-32-19(14-30)22-18(13-26-15-28-22)17-5-6-27-20(25)10-17/h5-6,10-11,13,15,19,29H,7-9,12,14H2,1-4H3,(H2,25,27)/t19-/m1/s1. The van der Waals surface area contributed by atoms with Crippen molar-refractivity contribution in [2.24, 2.45) is 0 Å². The highest BCUT2D eigenvalue weighted by molar-refractivity contribution is 5.79. The predicted molar refractivity (Wildman–Crippen MR) is 124 cm³/mol. The van der Waals surface area contributed by atoms with Crippen LogP contribution >= 0.6 is 0 Å². The van der Waals surface area contributed by atoms with Crippen LogP contribution in [0.25, 0.3) is 11.1 Å². The minimum Gasteiger partial charge on any atom is -0.384 e.